The van der Waals surface area contributed by atoms with Gasteiger partial charge in [-0.2, -0.15) is 0 Å². The van der Waals surface area contributed by atoms with Crippen LogP contribution in [-0.2, 0) is 6.54 Å². The van der Waals surface area contributed by atoms with E-state index in [2.05, 4.69) is 41.5 Å². The first kappa shape index (κ1) is 17.5. The summed E-state index contributed by atoms with van der Waals surface area (Å²) >= 11 is 0. The minimum atomic E-state index is 0.132. The number of benzene rings is 2. The van der Waals surface area contributed by atoms with Crippen molar-refractivity contribution in [3.8, 4) is 23.0 Å². The summed E-state index contributed by atoms with van der Waals surface area (Å²) in [7, 11) is 0. The molecule has 3 aromatic rings. The van der Waals surface area contributed by atoms with Crippen molar-refractivity contribution in [1.82, 2.24) is 15.5 Å². The van der Waals surface area contributed by atoms with E-state index >= 15 is 0 Å². The number of hydrogen-bond acceptors (Lipinski definition) is 6. The zero-order valence-electron chi connectivity index (χ0n) is 15.5. The Morgan fingerprint density at radius 1 is 0.963 bits per heavy atom. The molecule has 0 saturated heterocycles. The summed E-state index contributed by atoms with van der Waals surface area (Å²) < 4.78 is 17.1. The molecule has 6 nitrogen and oxygen atoms in total. The van der Waals surface area contributed by atoms with Gasteiger partial charge in [-0.3, -0.25) is 0 Å². The van der Waals surface area contributed by atoms with E-state index in [0.717, 1.165) is 22.6 Å². The van der Waals surface area contributed by atoms with E-state index in [-0.39, 0.29) is 6.04 Å². The average Bonchev–Trinajstić information content (AvgIpc) is 3.17. The van der Waals surface area contributed by atoms with Gasteiger partial charge in [-0.05, 0) is 35.7 Å². The maximum Gasteiger partial charge on any atom is 0.247 e. The fraction of sp³-hybridized carbons (Fsp3) is 0.333. The van der Waals surface area contributed by atoms with Crippen molar-refractivity contribution in [2.45, 2.75) is 26.4 Å². The van der Waals surface area contributed by atoms with Gasteiger partial charge in [0.1, 0.15) is 13.2 Å². The maximum atomic E-state index is 5.80. The molecule has 1 aromatic heterocycles. The molecule has 1 atom stereocenters. The molecule has 4 rings (SSSR count). The molecule has 0 unspecified atom stereocenters. The first-order valence-electron chi connectivity index (χ1n) is 9.21. The number of fused-ring (bicyclic) bond motifs is 1. The van der Waals surface area contributed by atoms with Crippen molar-refractivity contribution >= 4 is 0 Å². The van der Waals surface area contributed by atoms with Gasteiger partial charge in [0.15, 0.2) is 11.5 Å². The third kappa shape index (κ3) is 3.95. The Hall–Kier alpha value is -2.86. The predicted molar refractivity (Wildman–Crippen MR) is 102 cm³/mol. The van der Waals surface area contributed by atoms with E-state index in [1.807, 2.05) is 36.4 Å². The third-order valence-electron chi connectivity index (χ3n) is 4.55. The lowest BCUT2D eigenvalue weighted by atomic mass is 9.95. The monoisotopic (exact) mass is 365 g/mol. The van der Waals surface area contributed by atoms with Crippen LogP contribution < -0.4 is 14.8 Å². The summed E-state index contributed by atoms with van der Waals surface area (Å²) in [5, 5.41) is 11.8. The lowest BCUT2D eigenvalue weighted by Gasteiger charge is -2.25. The minimum absolute atomic E-state index is 0.132. The van der Waals surface area contributed by atoms with Crippen molar-refractivity contribution in [1.29, 1.82) is 0 Å². The van der Waals surface area contributed by atoms with Crippen LogP contribution in [0.4, 0.5) is 0 Å². The van der Waals surface area contributed by atoms with Gasteiger partial charge in [-0.15, -0.1) is 10.2 Å². The highest BCUT2D eigenvalue weighted by atomic mass is 16.6. The summed E-state index contributed by atoms with van der Waals surface area (Å²) in [4.78, 5) is 0. The largest absolute Gasteiger partial charge is 0.486 e. The Morgan fingerprint density at radius 3 is 2.52 bits per heavy atom. The van der Waals surface area contributed by atoms with E-state index in [4.69, 9.17) is 13.9 Å². The summed E-state index contributed by atoms with van der Waals surface area (Å²) in [6, 6.07) is 16.0. The Kier molecular flexibility index (Phi) is 5.07. The topological polar surface area (TPSA) is 69.4 Å². The van der Waals surface area contributed by atoms with Gasteiger partial charge >= 0.3 is 0 Å². The van der Waals surface area contributed by atoms with Gasteiger partial charge in [0.2, 0.25) is 11.8 Å². The van der Waals surface area contributed by atoms with E-state index in [1.54, 1.807) is 0 Å². The van der Waals surface area contributed by atoms with Gasteiger partial charge in [0.05, 0.1) is 6.54 Å². The van der Waals surface area contributed by atoms with E-state index in [1.165, 1.54) is 0 Å². The molecule has 0 radical (unpaired) electrons. The SMILES string of the molecule is CC(C)[C@@H](NCc1nnc(-c2ccccc2)o1)c1ccc2c(c1)OCCO2. The highest BCUT2D eigenvalue weighted by Gasteiger charge is 2.20. The fourth-order valence-electron chi connectivity index (χ4n) is 3.21. The summed E-state index contributed by atoms with van der Waals surface area (Å²) in [5.41, 5.74) is 2.07. The second-order valence-electron chi connectivity index (χ2n) is 6.87. The maximum absolute atomic E-state index is 5.80. The number of rotatable bonds is 6. The summed E-state index contributed by atoms with van der Waals surface area (Å²) in [6.45, 7) is 6.03. The molecular weight excluding hydrogens is 342 g/mol. The molecule has 2 aromatic carbocycles. The van der Waals surface area contributed by atoms with Gasteiger partial charge in [-0.25, -0.2) is 0 Å². The molecule has 0 aliphatic carbocycles. The Labute approximate surface area is 158 Å². The van der Waals surface area contributed by atoms with Crippen LogP contribution in [0.3, 0.4) is 0 Å². The number of ether oxygens (including phenoxy) is 2. The molecule has 1 aliphatic heterocycles. The smallest absolute Gasteiger partial charge is 0.247 e. The highest BCUT2D eigenvalue weighted by Crippen LogP contribution is 2.34. The number of nitrogens with one attached hydrogen (secondary N) is 1. The molecule has 0 fully saturated rings. The molecule has 0 spiro atoms. The molecule has 0 amide bonds. The normalized spacial score (nSPS) is 14.3. The van der Waals surface area contributed by atoms with Gasteiger partial charge in [-0.1, -0.05) is 38.1 Å². The molecule has 140 valence electrons. The van der Waals surface area contributed by atoms with E-state index < -0.39 is 0 Å². The van der Waals surface area contributed by atoms with Crippen molar-refractivity contribution < 1.29 is 13.9 Å². The molecule has 27 heavy (non-hydrogen) atoms. The fourth-order valence-corrected chi connectivity index (χ4v) is 3.21. The van der Waals surface area contributed by atoms with Gasteiger partial charge in [0, 0.05) is 11.6 Å². The van der Waals surface area contributed by atoms with Crippen LogP contribution in [0.1, 0.15) is 31.3 Å². The first-order chi connectivity index (χ1) is 13.2. The summed E-state index contributed by atoms with van der Waals surface area (Å²) in [6.07, 6.45) is 0. The van der Waals surface area contributed by atoms with Crippen molar-refractivity contribution in [3.63, 3.8) is 0 Å². The lowest BCUT2D eigenvalue weighted by molar-refractivity contribution is 0.171. The molecule has 1 N–H and O–H groups in total. The Bertz CT molecular complexity index is 893. The van der Waals surface area contributed by atoms with Crippen LogP contribution in [0, 0.1) is 5.92 Å². The van der Waals surface area contributed by atoms with Crippen molar-refractivity contribution in [2.24, 2.45) is 5.92 Å². The molecule has 2 heterocycles. The average molecular weight is 365 g/mol. The molecule has 0 bridgehead atoms. The standard InChI is InChI=1S/C21H23N3O3/c1-14(2)20(16-8-9-17-18(12-16)26-11-10-25-17)22-13-19-23-24-21(27-19)15-6-4-3-5-7-15/h3-9,12,14,20,22H,10-11,13H2,1-2H3/t20-/m1/s1. The van der Waals surface area contributed by atoms with E-state index in [0.29, 0.717) is 37.5 Å². The zero-order valence-corrected chi connectivity index (χ0v) is 15.5. The summed E-state index contributed by atoms with van der Waals surface area (Å²) in [5.74, 6) is 3.08. The van der Waals surface area contributed by atoms with Crippen molar-refractivity contribution in [3.05, 3.63) is 60.0 Å². The van der Waals surface area contributed by atoms with Crippen LogP contribution in [0.5, 0.6) is 11.5 Å². The van der Waals surface area contributed by atoms with Gasteiger partial charge in [0.25, 0.3) is 0 Å². The number of hydrogen-bond donors (Lipinski definition) is 1. The molecule has 6 heteroatoms. The quantitative estimate of drug-likeness (QED) is 0.712. The molecule has 0 saturated carbocycles. The van der Waals surface area contributed by atoms with E-state index in [9.17, 15) is 0 Å². The van der Waals surface area contributed by atoms with Gasteiger partial charge < -0.3 is 19.2 Å². The number of aromatic nitrogens is 2. The second kappa shape index (κ2) is 7.80. The Morgan fingerprint density at radius 2 is 1.74 bits per heavy atom. The first-order valence-corrected chi connectivity index (χ1v) is 9.21. The third-order valence-corrected chi connectivity index (χ3v) is 4.55. The van der Waals surface area contributed by atoms with Crippen LogP contribution >= 0.6 is 0 Å². The van der Waals surface area contributed by atoms with Crippen LogP contribution in [0.25, 0.3) is 11.5 Å². The molecular formula is C21H23N3O3. The van der Waals surface area contributed by atoms with Crippen molar-refractivity contribution in [2.75, 3.05) is 13.2 Å². The zero-order chi connectivity index (χ0) is 18.6. The van der Waals surface area contributed by atoms with Crippen LogP contribution in [0.15, 0.2) is 52.9 Å². The van der Waals surface area contributed by atoms with Crippen LogP contribution in [0.2, 0.25) is 0 Å². The predicted octanol–water partition coefficient (Wildman–Crippen LogP) is 3.99. The Balaban J connectivity index is 1.47. The number of nitrogens with zero attached hydrogens (tertiary/aromatic N) is 2. The molecule has 1 aliphatic rings. The second-order valence-corrected chi connectivity index (χ2v) is 6.87. The highest BCUT2D eigenvalue weighted by molar-refractivity contribution is 5.51. The van der Waals surface area contributed by atoms with Crippen LogP contribution in [-0.4, -0.2) is 23.4 Å². The minimum Gasteiger partial charge on any atom is -0.486 e. The lowest BCUT2D eigenvalue weighted by Crippen LogP contribution is -2.26.